The van der Waals surface area contributed by atoms with Gasteiger partial charge in [-0.25, -0.2) is 8.42 Å². The molecule has 2 atom stereocenters. The fourth-order valence-electron chi connectivity index (χ4n) is 4.32. The largest absolute Gasteiger partial charge is 0.338 e. The quantitative estimate of drug-likeness (QED) is 0.840. The molecule has 0 saturated carbocycles. The van der Waals surface area contributed by atoms with Gasteiger partial charge in [0, 0.05) is 18.8 Å². The molecule has 2 heterocycles. The van der Waals surface area contributed by atoms with Gasteiger partial charge in [-0.1, -0.05) is 30.3 Å². The number of carbonyl (C=O) groups excluding carboxylic acids is 1. The summed E-state index contributed by atoms with van der Waals surface area (Å²) in [6.45, 7) is 3.88. The maximum Gasteiger partial charge on any atom is 0.244 e. The van der Waals surface area contributed by atoms with E-state index in [1.54, 1.807) is 0 Å². The molecule has 2 fully saturated rings. The molecule has 2 saturated heterocycles. The minimum absolute atomic E-state index is 0. The van der Waals surface area contributed by atoms with Crippen LogP contribution in [0.4, 0.5) is 0 Å². The minimum Gasteiger partial charge on any atom is -0.338 e. The summed E-state index contributed by atoms with van der Waals surface area (Å²) in [5, 5.41) is 3.17. The van der Waals surface area contributed by atoms with E-state index in [0.717, 1.165) is 12.8 Å². The predicted octanol–water partition coefficient (Wildman–Crippen LogP) is 2.05. The number of nitrogens with zero attached hydrogens (tertiary/aromatic N) is 1. The van der Waals surface area contributed by atoms with Gasteiger partial charge in [-0.2, -0.15) is 0 Å². The van der Waals surface area contributed by atoms with Crippen LogP contribution in [-0.2, 0) is 21.1 Å². The van der Waals surface area contributed by atoms with Crippen molar-refractivity contribution in [2.75, 3.05) is 25.9 Å². The third kappa shape index (κ3) is 3.92. The van der Waals surface area contributed by atoms with Gasteiger partial charge in [0.15, 0.2) is 14.6 Å². The Morgan fingerprint density at radius 1 is 1.23 bits per heavy atom. The molecule has 0 spiro atoms. The number of hydrogen-bond acceptors (Lipinski definition) is 4. The van der Waals surface area contributed by atoms with Gasteiger partial charge in [-0.05, 0) is 57.2 Å². The van der Waals surface area contributed by atoms with Crippen molar-refractivity contribution in [2.24, 2.45) is 5.92 Å². The summed E-state index contributed by atoms with van der Waals surface area (Å²) >= 11 is 0. The zero-order valence-electron chi connectivity index (χ0n) is 15.5. The number of carbonyl (C=O) groups is 1. The lowest BCUT2D eigenvalue weighted by molar-refractivity contribution is -0.135. The van der Waals surface area contributed by atoms with Crippen LogP contribution in [0.15, 0.2) is 30.3 Å². The van der Waals surface area contributed by atoms with Crippen molar-refractivity contribution >= 4 is 28.2 Å². The normalized spacial score (nSPS) is 25.5. The van der Waals surface area contributed by atoms with E-state index in [0.29, 0.717) is 38.4 Å². The molecule has 2 aliphatic rings. The fourth-order valence-corrected chi connectivity index (χ4v) is 5.70. The Labute approximate surface area is 162 Å². The first-order valence-corrected chi connectivity index (χ1v) is 11.0. The van der Waals surface area contributed by atoms with E-state index in [2.05, 4.69) is 24.4 Å². The summed E-state index contributed by atoms with van der Waals surface area (Å²) in [6, 6.07) is 10.4. The second-order valence-corrected chi connectivity index (χ2v) is 9.82. The summed E-state index contributed by atoms with van der Waals surface area (Å²) in [6.07, 6.45) is 3.83. The molecule has 0 aromatic heterocycles. The molecule has 0 radical (unpaired) electrons. The topological polar surface area (TPSA) is 66.5 Å². The Kier molecular flexibility index (Phi) is 6.75. The molecule has 26 heavy (non-hydrogen) atoms. The van der Waals surface area contributed by atoms with Gasteiger partial charge in [-0.15, -0.1) is 12.4 Å². The minimum atomic E-state index is -3.46. The van der Waals surface area contributed by atoms with Gasteiger partial charge in [0.25, 0.3) is 0 Å². The third-order valence-corrected chi connectivity index (χ3v) is 8.03. The lowest BCUT2D eigenvalue weighted by Crippen LogP contribution is -2.59. The van der Waals surface area contributed by atoms with E-state index in [1.165, 1.54) is 11.8 Å². The summed E-state index contributed by atoms with van der Waals surface area (Å²) in [5.74, 6) is 0.198. The number of sulfone groups is 1. The molecule has 1 aromatic carbocycles. The van der Waals surface area contributed by atoms with Crippen molar-refractivity contribution in [1.82, 2.24) is 10.2 Å². The molecule has 1 aromatic rings. The average molecular weight is 401 g/mol. The first kappa shape index (κ1) is 21.2. The van der Waals surface area contributed by atoms with Crippen molar-refractivity contribution in [3.05, 3.63) is 35.9 Å². The smallest absolute Gasteiger partial charge is 0.244 e. The van der Waals surface area contributed by atoms with Gasteiger partial charge in [-0.3, -0.25) is 4.79 Å². The molecule has 2 aliphatic heterocycles. The third-order valence-electron chi connectivity index (χ3n) is 6.03. The van der Waals surface area contributed by atoms with Crippen LogP contribution in [-0.4, -0.2) is 55.9 Å². The molecule has 146 valence electrons. The highest BCUT2D eigenvalue weighted by atomic mass is 35.5. The first-order valence-electron chi connectivity index (χ1n) is 9.10. The van der Waals surface area contributed by atoms with Crippen LogP contribution in [0.5, 0.6) is 0 Å². The first-order chi connectivity index (χ1) is 11.8. The molecule has 1 amide bonds. The average Bonchev–Trinajstić information content (AvgIpc) is 2.95. The van der Waals surface area contributed by atoms with Crippen molar-refractivity contribution < 1.29 is 13.2 Å². The maximum absolute atomic E-state index is 13.3. The van der Waals surface area contributed by atoms with Crippen LogP contribution < -0.4 is 5.32 Å². The maximum atomic E-state index is 13.3. The van der Waals surface area contributed by atoms with Gasteiger partial charge >= 0.3 is 0 Å². The van der Waals surface area contributed by atoms with Crippen LogP contribution in [0.25, 0.3) is 0 Å². The standard InChI is InChI=1S/C19H28N2O3S.ClH/c1-15-17(14-16-6-4-3-5-7-16)8-13-21(15)18(22)19(25(2,23)24)9-11-20-12-10-19;/h3-7,15,17,20H,8-14H2,1-2H3;1H. The summed E-state index contributed by atoms with van der Waals surface area (Å²) in [7, 11) is -3.46. The fraction of sp³-hybridized carbons (Fsp3) is 0.632. The Morgan fingerprint density at radius 2 is 1.85 bits per heavy atom. The zero-order valence-corrected chi connectivity index (χ0v) is 17.1. The molecule has 2 unspecified atom stereocenters. The molecular weight excluding hydrogens is 372 g/mol. The van der Waals surface area contributed by atoms with E-state index in [9.17, 15) is 13.2 Å². The number of amides is 1. The molecule has 0 aliphatic carbocycles. The Hall–Kier alpha value is -1.11. The Morgan fingerprint density at radius 3 is 2.42 bits per heavy atom. The van der Waals surface area contributed by atoms with Gasteiger partial charge in [0.1, 0.15) is 0 Å². The highest BCUT2D eigenvalue weighted by Crippen LogP contribution is 2.35. The van der Waals surface area contributed by atoms with Gasteiger partial charge < -0.3 is 10.2 Å². The molecule has 1 N–H and O–H groups in total. The second kappa shape index (κ2) is 8.28. The number of nitrogens with one attached hydrogen (secondary N) is 1. The second-order valence-electron chi connectivity index (χ2n) is 7.49. The SMILES string of the molecule is CC1C(Cc2ccccc2)CCN1C(=O)C1(S(C)(=O)=O)CCNCC1.Cl. The molecule has 5 nitrogen and oxygen atoms in total. The van der Waals surface area contributed by atoms with E-state index >= 15 is 0 Å². The Bertz CT molecular complexity index is 718. The van der Waals surface area contributed by atoms with Crippen molar-refractivity contribution in [3.63, 3.8) is 0 Å². The number of likely N-dealkylation sites (tertiary alicyclic amines) is 1. The van der Waals surface area contributed by atoms with Crippen LogP contribution in [0, 0.1) is 5.92 Å². The highest BCUT2D eigenvalue weighted by Gasteiger charge is 2.52. The summed E-state index contributed by atoms with van der Waals surface area (Å²) in [4.78, 5) is 15.1. The van der Waals surface area contributed by atoms with Crippen LogP contribution >= 0.6 is 12.4 Å². The van der Waals surface area contributed by atoms with Crippen LogP contribution in [0.2, 0.25) is 0 Å². The van der Waals surface area contributed by atoms with E-state index in [4.69, 9.17) is 0 Å². The predicted molar refractivity (Wildman–Crippen MR) is 106 cm³/mol. The molecule has 0 bridgehead atoms. The monoisotopic (exact) mass is 400 g/mol. The number of rotatable bonds is 4. The lowest BCUT2D eigenvalue weighted by Gasteiger charge is -2.39. The van der Waals surface area contributed by atoms with E-state index in [1.807, 2.05) is 23.1 Å². The number of piperidine rings is 1. The van der Waals surface area contributed by atoms with Crippen molar-refractivity contribution in [1.29, 1.82) is 0 Å². The number of halogens is 1. The van der Waals surface area contributed by atoms with Crippen molar-refractivity contribution in [2.45, 2.75) is 43.4 Å². The summed E-state index contributed by atoms with van der Waals surface area (Å²) < 4.78 is 23.8. The van der Waals surface area contributed by atoms with Gasteiger partial charge in [0.05, 0.1) is 0 Å². The number of benzene rings is 1. The molecule has 3 rings (SSSR count). The van der Waals surface area contributed by atoms with Gasteiger partial charge in [0.2, 0.25) is 5.91 Å². The number of hydrogen-bond donors (Lipinski definition) is 1. The van der Waals surface area contributed by atoms with E-state index in [-0.39, 0.29) is 24.4 Å². The van der Waals surface area contributed by atoms with Crippen LogP contribution in [0.3, 0.4) is 0 Å². The highest BCUT2D eigenvalue weighted by molar-refractivity contribution is 7.92. The lowest BCUT2D eigenvalue weighted by atomic mass is 9.92. The van der Waals surface area contributed by atoms with E-state index < -0.39 is 14.6 Å². The molecule has 7 heteroatoms. The zero-order chi connectivity index (χ0) is 18.1. The summed E-state index contributed by atoms with van der Waals surface area (Å²) in [5.41, 5.74) is 1.27. The van der Waals surface area contributed by atoms with Crippen molar-refractivity contribution in [3.8, 4) is 0 Å². The molecular formula is C19H29ClN2O3S. The van der Waals surface area contributed by atoms with Crippen LogP contribution in [0.1, 0.15) is 31.7 Å². The Balaban J connectivity index is 0.00000243.